The summed E-state index contributed by atoms with van der Waals surface area (Å²) in [6.07, 6.45) is 0.471. The van der Waals surface area contributed by atoms with Crippen molar-refractivity contribution in [2.24, 2.45) is 0 Å². The molecule has 1 atom stereocenters. The van der Waals surface area contributed by atoms with Crippen LogP contribution in [0.25, 0.3) is 0 Å². The molecule has 7 nitrogen and oxygen atoms in total. The van der Waals surface area contributed by atoms with E-state index in [0.29, 0.717) is 40.6 Å². The minimum Gasteiger partial charge on any atom is -0.472 e. The molecule has 0 aliphatic carbocycles. The summed E-state index contributed by atoms with van der Waals surface area (Å²) in [5.41, 5.74) is 1.53. The number of fused-ring (bicyclic) bond motifs is 1. The Labute approximate surface area is 157 Å². The molecule has 1 aliphatic heterocycles. The molecule has 0 bridgehead atoms. The molecular formula is C20H20N2O5. The number of nitrogens with zero attached hydrogens (tertiary/aromatic N) is 2. The maximum atomic E-state index is 12.5. The van der Waals surface area contributed by atoms with Crippen LogP contribution in [0.2, 0.25) is 0 Å². The fourth-order valence-electron chi connectivity index (χ4n) is 2.75. The van der Waals surface area contributed by atoms with Crippen LogP contribution in [-0.2, 0) is 16.0 Å². The van der Waals surface area contributed by atoms with Gasteiger partial charge in [0.15, 0.2) is 11.5 Å². The lowest BCUT2D eigenvalue weighted by molar-refractivity contribution is -0.151. The maximum absolute atomic E-state index is 12.5. The van der Waals surface area contributed by atoms with Gasteiger partial charge in [0, 0.05) is 5.56 Å². The van der Waals surface area contributed by atoms with Gasteiger partial charge in [-0.2, -0.15) is 5.26 Å². The number of carbonyl (C=O) groups is 1. The van der Waals surface area contributed by atoms with Gasteiger partial charge in [0.25, 0.3) is 0 Å². The van der Waals surface area contributed by atoms with Crippen molar-refractivity contribution in [3.63, 3.8) is 0 Å². The van der Waals surface area contributed by atoms with Crippen LogP contribution in [0.15, 0.2) is 30.3 Å². The monoisotopic (exact) mass is 368 g/mol. The highest BCUT2D eigenvalue weighted by Gasteiger charge is 2.28. The van der Waals surface area contributed by atoms with Gasteiger partial charge in [-0.3, -0.25) is 0 Å². The summed E-state index contributed by atoms with van der Waals surface area (Å²) in [6, 6.07) is 10.4. The average molecular weight is 368 g/mol. The van der Waals surface area contributed by atoms with Gasteiger partial charge in [-0.25, -0.2) is 9.78 Å². The summed E-state index contributed by atoms with van der Waals surface area (Å²) in [7, 11) is 0. The number of hydrogen-bond acceptors (Lipinski definition) is 7. The molecule has 0 saturated carbocycles. The SMILES string of the molecule is CCCc1nc(C#N)ccc1OC(C(=O)OCC)c1ccc2c(c1)OCO2. The van der Waals surface area contributed by atoms with Gasteiger partial charge in [0.1, 0.15) is 17.5 Å². The second-order valence-corrected chi connectivity index (χ2v) is 5.87. The minimum atomic E-state index is -0.982. The van der Waals surface area contributed by atoms with Crippen molar-refractivity contribution < 1.29 is 23.7 Å². The number of carbonyl (C=O) groups excluding carboxylic acids is 1. The minimum absolute atomic E-state index is 0.143. The third-order valence-corrected chi connectivity index (χ3v) is 3.98. The van der Waals surface area contributed by atoms with Crippen LogP contribution in [0.5, 0.6) is 17.2 Å². The lowest BCUT2D eigenvalue weighted by Gasteiger charge is -2.20. The van der Waals surface area contributed by atoms with Crippen LogP contribution >= 0.6 is 0 Å². The van der Waals surface area contributed by atoms with Gasteiger partial charge >= 0.3 is 5.97 Å². The molecule has 1 unspecified atom stereocenters. The highest BCUT2D eigenvalue weighted by Crippen LogP contribution is 2.36. The first-order valence-electron chi connectivity index (χ1n) is 8.79. The first kappa shape index (κ1) is 18.5. The summed E-state index contributed by atoms with van der Waals surface area (Å²) in [5.74, 6) is 1.11. The molecule has 1 aromatic carbocycles. The fourth-order valence-corrected chi connectivity index (χ4v) is 2.75. The smallest absolute Gasteiger partial charge is 0.352 e. The first-order chi connectivity index (χ1) is 13.2. The molecule has 1 aliphatic rings. The molecule has 1 aromatic heterocycles. The van der Waals surface area contributed by atoms with Gasteiger partial charge in [0.05, 0.1) is 12.3 Å². The van der Waals surface area contributed by atoms with Crippen molar-refractivity contribution in [3.05, 3.63) is 47.3 Å². The molecule has 27 heavy (non-hydrogen) atoms. The average Bonchev–Trinajstić information content (AvgIpc) is 3.15. The van der Waals surface area contributed by atoms with E-state index in [0.717, 1.165) is 6.42 Å². The third-order valence-electron chi connectivity index (χ3n) is 3.98. The predicted molar refractivity (Wildman–Crippen MR) is 95.5 cm³/mol. The van der Waals surface area contributed by atoms with Crippen LogP contribution < -0.4 is 14.2 Å². The number of esters is 1. The molecule has 0 fully saturated rings. The van der Waals surface area contributed by atoms with Crippen molar-refractivity contribution in [3.8, 4) is 23.3 Å². The highest BCUT2D eigenvalue weighted by molar-refractivity contribution is 5.77. The Balaban J connectivity index is 1.95. The number of rotatable bonds is 7. The Morgan fingerprint density at radius 2 is 2.07 bits per heavy atom. The molecule has 140 valence electrons. The second-order valence-electron chi connectivity index (χ2n) is 5.87. The number of nitriles is 1. The number of benzene rings is 1. The quantitative estimate of drug-likeness (QED) is 0.692. The van der Waals surface area contributed by atoms with Crippen molar-refractivity contribution in [2.75, 3.05) is 13.4 Å². The van der Waals surface area contributed by atoms with E-state index in [4.69, 9.17) is 24.2 Å². The summed E-state index contributed by atoms with van der Waals surface area (Å²) in [6.45, 7) is 4.12. The molecule has 0 radical (unpaired) electrons. The van der Waals surface area contributed by atoms with E-state index in [1.807, 2.05) is 13.0 Å². The molecule has 3 rings (SSSR count). The Hall–Kier alpha value is -3.27. The molecule has 0 amide bonds. The van der Waals surface area contributed by atoms with Gasteiger partial charge in [-0.15, -0.1) is 0 Å². The normalized spacial score (nSPS) is 12.9. The van der Waals surface area contributed by atoms with Gasteiger partial charge in [-0.05, 0) is 37.6 Å². The highest BCUT2D eigenvalue weighted by atomic mass is 16.7. The zero-order valence-corrected chi connectivity index (χ0v) is 15.2. The van der Waals surface area contributed by atoms with E-state index < -0.39 is 12.1 Å². The predicted octanol–water partition coefficient (Wildman–Crippen LogP) is 3.32. The zero-order chi connectivity index (χ0) is 19.2. The standard InChI is InChI=1S/C20H20N2O5/c1-3-5-15-16(9-7-14(11-21)22-15)27-19(20(23)24-4-2)13-6-8-17-18(10-13)26-12-25-17/h6-10,19H,3-5,12H2,1-2H3. The number of aryl methyl sites for hydroxylation is 1. The number of ether oxygens (including phenoxy) is 4. The van der Waals surface area contributed by atoms with Crippen molar-refractivity contribution >= 4 is 5.97 Å². The van der Waals surface area contributed by atoms with Crippen LogP contribution in [0.3, 0.4) is 0 Å². The van der Waals surface area contributed by atoms with E-state index in [1.165, 1.54) is 0 Å². The van der Waals surface area contributed by atoms with Crippen LogP contribution in [0.4, 0.5) is 0 Å². The third kappa shape index (κ3) is 4.11. The van der Waals surface area contributed by atoms with E-state index in [-0.39, 0.29) is 13.4 Å². The molecule has 7 heteroatoms. The van der Waals surface area contributed by atoms with E-state index in [1.54, 1.807) is 37.3 Å². The summed E-state index contributed by atoms with van der Waals surface area (Å²) in [4.78, 5) is 16.9. The van der Waals surface area contributed by atoms with Crippen molar-refractivity contribution in [2.45, 2.75) is 32.8 Å². The van der Waals surface area contributed by atoms with Gasteiger partial charge < -0.3 is 18.9 Å². The first-order valence-corrected chi connectivity index (χ1v) is 8.79. The molecule has 2 heterocycles. The molecule has 0 saturated heterocycles. The van der Waals surface area contributed by atoms with E-state index >= 15 is 0 Å². The summed E-state index contributed by atoms with van der Waals surface area (Å²) < 4.78 is 21.9. The topological polar surface area (TPSA) is 90.7 Å². The van der Waals surface area contributed by atoms with Crippen LogP contribution in [0.1, 0.15) is 43.3 Å². The lowest BCUT2D eigenvalue weighted by atomic mass is 10.1. The molecule has 2 aromatic rings. The Bertz CT molecular complexity index is 875. The Morgan fingerprint density at radius 3 is 2.81 bits per heavy atom. The second kappa shape index (κ2) is 8.41. The summed E-state index contributed by atoms with van der Waals surface area (Å²) >= 11 is 0. The fraction of sp³-hybridized carbons (Fsp3) is 0.350. The lowest BCUT2D eigenvalue weighted by Crippen LogP contribution is -2.22. The Kier molecular flexibility index (Phi) is 5.77. The van der Waals surface area contributed by atoms with Gasteiger partial charge in [0.2, 0.25) is 12.9 Å². The van der Waals surface area contributed by atoms with Crippen molar-refractivity contribution in [1.82, 2.24) is 4.98 Å². The molecular weight excluding hydrogens is 348 g/mol. The van der Waals surface area contributed by atoms with Crippen LogP contribution in [-0.4, -0.2) is 24.4 Å². The molecule has 0 N–H and O–H groups in total. The maximum Gasteiger partial charge on any atom is 0.352 e. The largest absolute Gasteiger partial charge is 0.472 e. The number of pyridine rings is 1. The van der Waals surface area contributed by atoms with Crippen LogP contribution in [0, 0.1) is 11.3 Å². The van der Waals surface area contributed by atoms with Crippen molar-refractivity contribution in [1.29, 1.82) is 5.26 Å². The molecule has 0 spiro atoms. The summed E-state index contributed by atoms with van der Waals surface area (Å²) in [5, 5.41) is 9.08. The van der Waals surface area contributed by atoms with E-state index in [9.17, 15) is 4.79 Å². The number of aromatic nitrogens is 1. The Morgan fingerprint density at radius 1 is 1.26 bits per heavy atom. The zero-order valence-electron chi connectivity index (χ0n) is 15.2. The van der Waals surface area contributed by atoms with Gasteiger partial charge in [-0.1, -0.05) is 19.4 Å². The van der Waals surface area contributed by atoms with E-state index in [2.05, 4.69) is 4.98 Å². The number of hydrogen-bond donors (Lipinski definition) is 0.